The highest BCUT2D eigenvalue weighted by molar-refractivity contribution is 5.93. The van der Waals surface area contributed by atoms with Gasteiger partial charge in [0.15, 0.2) is 5.82 Å². The predicted molar refractivity (Wildman–Crippen MR) is 68.7 cm³/mol. The normalized spacial score (nSPS) is 10.2. The molecule has 0 aliphatic rings. The Morgan fingerprint density at radius 3 is 3.00 bits per heavy atom. The molecule has 1 heterocycles. The molecule has 1 aromatic heterocycles. The van der Waals surface area contributed by atoms with Crippen molar-refractivity contribution in [1.82, 2.24) is 20.6 Å². The number of rotatable bonds is 6. The summed E-state index contributed by atoms with van der Waals surface area (Å²) in [6.45, 7) is 2.63. The molecule has 7 nitrogen and oxygen atoms in total. The van der Waals surface area contributed by atoms with Crippen LogP contribution >= 0.6 is 0 Å². The van der Waals surface area contributed by atoms with Gasteiger partial charge in [0.1, 0.15) is 5.75 Å². The van der Waals surface area contributed by atoms with E-state index >= 15 is 0 Å². The molecule has 0 saturated heterocycles. The molecule has 0 bridgehead atoms. The number of benzene rings is 1. The lowest BCUT2D eigenvalue weighted by Gasteiger charge is -2.11. The van der Waals surface area contributed by atoms with Gasteiger partial charge >= 0.3 is 0 Å². The number of hydrogen-bond donors (Lipinski definition) is 2. The van der Waals surface area contributed by atoms with Gasteiger partial charge in [-0.1, -0.05) is 24.3 Å². The van der Waals surface area contributed by atoms with Crippen LogP contribution in [-0.2, 0) is 11.2 Å². The minimum absolute atomic E-state index is 0.0681. The van der Waals surface area contributed by atoms with Gasteiger partial charge in [0.2, 0.25) is 5.91 Å². The number of para-hydroxylation sites is 2. The molecule has 0 fully saturated rings. The highest BCUT2D eigenvalue weighted by Crippen LogP contribution is 2.23. The molecule has 0 spiro atoms. The Kier molecular flexibility index (Phi) is 4.44. The van der Waals surface area contributed by atoms with Gasteiger partial charge in [-0.25, -0.2) is 0 Å². The summed E-state index contributed by atoms with van der Waals surface area (Å²) in [6.07, 6.45) is 0.976. The maximum atomic E-state index is 11.8. The van der Waals surface area contributed by atoms with Crippen molar-refractivity contribution in [2.75, 3.05) is 11.9 Å². The van der Waals surface area contributed by atoms with Crippen molar-refractivity contribution in [3.63, 3.8) is 0 Å². The van der Waals surface area contributed by atoms with Gasteiger partial charge in [0.05, 0.1) is 18.7 Å². The van der Waals surface area contributed by atoms with Crippen LogP contribution < -0.4 is 10.1 Å². The van der Waals surface area contributed by atoms with E-state index < -0.39 is 0 Å². The first kappa shape index (κ1) is 13.0. The van der Waals surface area contributed by atoms with E-state index in [1.807, 2.05) is 25.1 Å². The number of tetrazole rings is 1. The molecule has 7 heteroatoms. The van der Waals surface area contributed by atoms with Crippen LogP contribution in [0, 0.1) is 0 Å². The van der Waals surface area contributed by atoms with Crippen LogP contribution in [0.15, 0.2) is 24.3 Å². The first-order chi connectivity index (χ1) is 9.29. The summed E-state index contributed by atoms with van der Waals surface area (Å²) in [5.41, 5.74) is 0.643. The Labute approximate surface area is 110 Å². The summed E-state index contributed by atoms with van der Waals surface area (Å²) in [4.78, 5) is 11.8. The summed E-state index contributed by atoms with van der Waals surface area (Å²) in [5.74, 6) is 0.796. The quantitative estimate of drug-likeness (QED) is 0.814. The number of aromatic nitrogens is 4. The maximum absolute atomic E-state index is 11.8. The second-order valence-corrected chi connectivity index (χ2v) is 3.90. The zero-order valence-electron chi connectivity index (χ0n) is 10.6. The number of H-pyrrole nitrogens is 1. The largest absolute Gasteiger partial charge is 0.491 e. The Morgan fingerprint density at radius 2 is 2.26 bits per heavy atom. The molecule has 0 aliphatic carbocycles. The molecule has 1 aromatic carbocycles. The summed E-state index contributed by atoms with van der Waals surface area (Å²) in [6, 6.07) is 7.31. The van der Waals surface area contributed by atoms with Crippen molar-refractivity contribution >= 4 is 11.6 Å². The van der Waals surface area contributed by atoms with E-state index in [0.717, 1.165) is 6.42 Å². The van der Waals surface area contributed by atoms with Crippen LogP contribution in [0.2, 0.25) is 0 Å². The fourth-order valence-electron chi connectivity index (χ4n) is 1.50. The van der Waals surface area contributed by atoms with Crippen LogP contribution in [0.3, 0.4) is 0 Å². The molecule has 19 heavy (non-hydrogen) atoms. The van der Waals surface area contributed by atoms with E-state index in [9.17, 15) is 4.79 Å². The lowest BCUT2D eigenvalue weighted by molar-refractivity contribution is -0.115. The predicted octanol–water partition coefficient (Wildman–Crippen LogP) is 1.17. The van der Waals surface area contributed by atoms with E-state index in [-0.39, 0.29) is 12.3 Å². The Hall–Kier alpha value is -2.44. The van der Waals surface area contributed by atoms with Gasteiger partial charge in [0, 0.05) is 0 Å². The van der Waals surface area contributed by atoms with E-state index in [1.54, 1.807) is 6.07 Å². The van der Waals surface area contributed by atoms with Crippen molar-refractivity contribution in [1.29, 1.82) is 0 Å². The number of carbonyl (C=O) groups excluding carboxylic acids is 1. The molecule has 2 aromatic rings. The van der Waals surface area contributed by atoms with E-state index in [4.69, 9.17) is 4.74 Å². The Balaban J connectivity index is 1.99. The van der Waals surface area contributed by atoms with E-state index in [0.29, 0.717) is 23.9 Å². The van der Waals surface area contributed by atoms with Crippen molar-refractivity contribution in [2.24, 2.45) is 0 Å². The molecular formula is C12H15N5O2. The molecule has 0 unspecified atom stereocenters. The number of ether oxygens (including phenoxy) is 1. The minimum atomic E-state index is -0.214. The minimum Gasteiger partial charge on any atom is -0.491 e. The number of hydrogen-bond acceptors (Lipinski definition) is 5. The molecule has 0 radical (unpaired) electrons. The van der Waals surface area contributed by atoms with Gasteiger partial charge in [-0.15, -0.1) is 10.2 Å². The van der Waals surface area contributed by atoms with Crippen LogP contribution in [0.25, 0.3) is 0 Å². The van der Waals surface area contributed by atoms with Crippen LogP contribution in [0.4, 0.5) is 5.69 Å². The maximum Gasteiger partial charge on any atom is 0.232 e. The zero-order chi connectivity index (χ0) is 13.5. The van der Waals surface area contributed by atoms with Crippen molar-refractivity contribution in [3.8, 4) is 5.75 Å². The smallest absolute Gasteiger partial charge is 0.232 e. The summed E-state index contributed by atoms with van der Waals surface area (Å²) < 4.78 is 5.56. The van der Waals surface area contributed by atoms with E-state index in [1.165, 1.54) is 0 Å². The topological polar surface area (TPSA) is 92.8 Å². The fourth-order valence-corrected chi connectivity index (χ4v) is 1.50. The number of anilines is 1. The van der Waals surface area contributed by atoms with E-state index in [2.05, 4.69) is 25.9 Å². The average Bonchev–Trinajstić information content (AvgIpc) is 2.90. The third kappa shape index (κ3) is 3.77. The highest BCUT2D eigenvalue weighted by Gasteiger charge is 2.10. The number of amides is 1. The lowest BCUT2D eigenvalue weighted by atomic mass is 10.2. The zero-order valence-corrected chi connectivity index (χ0v) is 10.6. The third-order valence-corrected chi connectivity index (χ3v) is 2.33. The molecule has 0 atom stereocenters. The van der Waals surface area contributed by atoms with Gasteiger partial charge in [0.25, 0.3) is 0 Å². The Morgan fingerprint density at radius 1 is 1.42 bits per heavy atom. The summed E-state index contributed by atoms with van der Waals surface area (Å²) in [5, 5.41) is 15.9. The van der Waals surface area contributed by atoms with Crippen LogP contribution in [0.5, 0.6) is 5.75 Å². The molecule has 0 saturated carbocycles. The highest BCUT2D eigenvalue weighted by atomic mass is 16.5. The van der Waals surface area contributed by atoms with Gasteiger partial charge in [-0.3, -0.25) is 4.79 Å². The molecule has 2 N–H and O–H groups in total. The molecule has 1 amide bonds. The van der Waals surface area contributed by atoms with Crippen molar-refractivity contribution in [2.45, 2.75) is 19.8 Å². The standard InChI is InChI=1S/C12H15N5O2/c1-2-7-19-10-6-4-3-5-9(10)13-12(18)8-11-14-16-17-15-11/h3-6H,2,7-8H2,1H3,(H,13,18)(H,14,15,16,17). The number of nitrogens with one attached hydrogen (secondary N) is 2. The molecule has 2 rings (SSSR count). The molecule has 100 valence electrons. The Bertz CT molecular complexity index is 527. The summed E-state index contributed by atoms with van der Waals surface area (Å²) >= 11 is 0. The molecular weight excluding hydrogens is 246 g/mol. The van der Waals surface area contributed by atoms with Gasteiger partial charge in [-0.05, 0) is 18.6 Å². The number of carbonyl (C=O) groups is 1. The lowest BCUT2D eigenvalue weighted by Crippen LogP contribution is -2.16. The van der Waals surface area contributed by atoms with Crippen molar-refractivity contribution in [3.05, 3.63) is 30.1 Å². The second kappa shape index (κ2) is 6.48. The fraction of sp³-hybridized carbons (Fsp3) is 0.333. The number of nitrogens with zero attached hydrogens (tertiary/aromatic N) is 3. The first-order valence-corrected chi connectivity index (χ1v) is 6.03. The monoisotopic (exact) mass is 261 g/mol. The van der Waals surface area contributed by atoms with Crippen LogP contribution in [-0.4, -0.2) is 33.1 Å². The van der Waals surface area contributed by atoms with Crippen LogP contribution in [0.1, 0.15) is 19.2 Å². The van der Waals surface area contributed by atoms with Gasteiger partial charge in [-0.2, -0.15) is 5.21 Å². The summed E-state index contributed by atoms with van der Waals surface area (Å²) in [7, 11) is 0. The molecule has 0 aliphatic heterocycles. The first-order valence-electron chi connectivity index (χ1n) is 6.03. The third-order valence-electron chi connectivity index (χ3n) is 2.33. The number of aromatic amines is 1. The average molecular weight is 261 g/mol. The SMILES string of the molecule is CCCOc1ccccc1NC(=O)Cc1nn[nH]n1. The van der Waals surface area contributed by atoms with Gasteiger partial charge < -0.3 is 10.1 Å². The van der Waals surface area contributed by atoms with Crippen molar-refractivity contribution < 1.29 is 9.53 Å². The second-order valence-electron chi connectivity index (χ2n) is 3.90.